The Morgan fingerprint density at radius 2 is 1.91 bits per heavy atom. The number of hydrogen-bond acceptors (Lipinski definition) is 6. The summed E-state index contributed by atoms with van der Waals surface area (Å²) in [5.41, 5.74) is 0.310. The third kappa shape index (κ3) is 4.98. The van der Waals surface area contributed by atoms with Crippen molar-refractivity contribution >= 4 is 34.7 Å². The summed E-state index contributed by atoms with van der Waals surface area (Å²) in [7, 11) is 0. The van der Waals surface area contributed by atoms with Crippen LogP contribution >= 0.6 is 11.6 Å². The van der Waals surface area contributed by atoms with Crippen LogP contribution in [0.2, 0.25) is 5.02 Å². The van der Waals surface area contributed by atoms with E-state index in [9.17, 15) is 24.8 Å². The molecule has 1 fully saturated rings. The molecule has 168 valence electrons. The molecule has 0 saturated carbocycles. The van der Waals surface area contributed by atoms with Gasteiger partial charge in [-0.15, -0.1) is 0 Å². The summed E-state index contributed by atoms with van der Waals surface area (Å²) >= 11 is 6.00. The average Bonchev–Trinajstić information content (AvgIpc) is 3.01. The van der Waals surface area contributed by atoms with E-state index < -0.39 is 28.4 Å². The van der Waals surface area contributed by atoms with Crippen LogP contribution in [0.4, 0.5) is 5.69 Å². The fourth-order valence-corrected chi connectivity index (χ4v) is 3.70. The molecule has 1 amide bonds. The van der Waals surface area contributed by atoms with Crippen molar-refractivity contribution < 1.29 is 24.4 Å². The van der Waals surface area contributed by atoms with Gasteiger partial charge in [-0.2, -0.15) is 0 Å². The number of rotatable bonds is 8. The van der Waals surface area contributed by atoms with Crippen molar-refractivity contribution in [2.75, 3.05) is 13.2 Å². The molecule has 0 radical (unpaired) electrons. The number of aliphatic hydroxyl groups excluding tert-OH is 1. The van der Waals surface area contributed by atoms with Crippen LogP contribution in [0.3, 0.4) is 0 Å². The van der Waals surface area contributed by atoms with E-state index in [2.05, 4.69) is 0 Å². The highest BCUT2D eigenvalue weighted by Gasteiger charge is 2.45. The second-order valence-corrected chi connectivity index (χ2v) is 8.06. The molecule has 1 aliphatic rings. The van der Waals surface area contributed by atoms with E-state index in [1.807, 2.05) is 13.8 Å². The summed E-state index contributed by atoms with van der Waals surface area (Å²) in [6.07, 6.45) is 0.526. The Balaban J connectivity index is 2.06. The van der Waals surface area contributed by atoms with Crippen LogP contribution in [0.15, 0.2) is 54.1 Å². The maximum absolute atomic E-state index is 12.9. The van der Waals surface area contributed by atoms with Gasteiger partial charge < -0.3 is 14.7 Å². The normalized spacial score (nSPS) is 17.9. The van der Waals surface area contributed by atoms with E-state index in [1.54, 1.807) is 24.3 Å². The maximum Gasteiger partial charge on any atom is 0.295 e. The van der Waals surface area contributed by atoms with Gasteiger partial charge in [-0.25, -0.2) is 0 Å². The predicted molar refractivity (Wildman–Crippen MR) is 119 cm³/mol. The van der Waals surface area contributed by atoms with E-state index >= 15 is 0 Å². The number of likely N-dealkylation sites (tertiary alicyclic amines) is 1. The molecule has 2 aromatic rings. The number of ketones is 1. The third-order valence-electron chi connectivity index (χ3n) is 5.05. The van der Waals surface area contributed by atoms with Crippen molar-refractivity contribution in [3.63, 3.8) is 0 Å². The highest BCUT2D eigenvalue weighted by atomic mass is 35.5. The summed E-state index contributed by atoms with van der Waals surface area (Å²) in [5, 5.41) is 22.6. The molecule has 2 aromatic carbocycles. The number of benzene rings is 2. The number of amides is 1. The second-order valence-electron chi connectivity index (χ2n) is 7.62. The van der Waals surface area contributed by atoms with Crippen LogP contribution in [0.5, 0.6) is 0 Å². The van der Waals surface area contributed by atoms with Crippen molar-refractivity contribution in [2.45, 2.75) is 32.4 Å². The zero-order chi connectivity index (χ0) is 23.4. The molecule has 3 rings (SSSR count). The highest BCUT2D eigenvalue weighted by Crippen LogP contribution is 2.40. The maximum atomic E-state index is 12.9. The number of Topliss-reactive ketones (excluding diaryl/α,β-unsaturated/α-hetero) is 1. The molecule has 32 heavy (non-hydrogen) atoms. The Kier molecular flexibility index (Phi) is 7.27. The van der Waals surface area contributed by atoms with Crippen molar-refractivity contribution in [1.29, 1.82) is 0 Å². The number of ether oxygens (including phenoxy) is 1. The monoisotopic (exact) mass is 458 g/mol. The number of nitro groups is 1. The zero-order valence-corrected chi connectivity index (χ0v) is 18.4. The quantitative estimate of drug-likeness (QED) is 0.156. The van der Waals surface area contributed by atoms with Gasteiger partial charge in [0.25, 0.3) is 17.4 Å². The summed E-state index contributed by atoms with van der Waals surface area (Å²) in [4.78, 5) is 37.7. The Morgan fingerprint density at radius 1 is 1.22 bits per heavy atom. The molecule has 1 heterocycles. The Bertz CT molecular complexity index is 1060. The SMILES string of the molecule is CC(C)OCCCN1C(=O)C(=O)C(=C(O)c2cccc([N+](=O)[O-])c2)[C@H]1c1ccc(Cl)cc1. The lowest BCUT2D eigenvalue weighted by molar-refractivity contribution is -0.384. The van der Waals surface area contributed by atoms with Crippen molar-refractivity contribution in [1.82, 2.24) is 4.90 Å². The first-order valence-corrected chi connectivity index (χ1v) is 10.5. The number of carbonyl (C=O) groups excluding carboxylic acids is 2. The minimum Gasteiger partial charge on any atom is -0.507 e. The highest BCUT2D eigenvalue weighted by molar-refractivity contribution is 6.46. The molecular weight excluding hydrogens is 436 g/mol. The summed E-state index contributed by atoms with van der Waals surface area (Å²) in [5.74, 6) is -2.06. The minimum absolute atomic E-state index is 0.0337. The number of non-ortho nitro benzene ring substituents is 1. The molecule has 0 aromatic heterocycles. The number of carbonyl (C=O) groups is 2. The number of halogens is 1. The van der Waals surface area contributed by atoms with Gasteiger partial charge in [0.15, 0.2) is 0 Å². The standard InChI is InChI=1S/C23H23ClN2O6/c1-14(2)32-12-4-11-25-20(15-7-9-17(24)10-8-15)19(22(28)23(25)29)21(27)16-5-3-6-18(13-16)26(30)31/h3,5-10,13-14,20,27H,4,11-12H2,1-2H3/t20-/m1/s1. The summed E-state index contributed by atoms with van der Waals surface area (Å²) in [6, 6.07) is 11.1. The molecule has 1 saturated heterocycles. The molecule has 1 atom stereocenters. The Morgan fingerprint density at radius 3 is 2.53 bits per heavy atom. The first-order valence-electron chi connectivity index (χ1n) is 10.1. The molecular formula is C23H23ClN2O6. The van der Waals surface area contributed by atoms with E-state index in [4.69, 9.17) is 16.3 Å². The zero-order valence-electron chi connectivity index (χ0n) is 17.7. The fourth-order valence-electron chi connectivity index (χ4n) is 3.58. The van der Waals surface area contributed by atoms with E-state index in [0.29, 0.717) is 23.6 Å². The predicted octanol–water partition coefficient (Wildman–Crippen LogP) is 4.49. The molecule has 1 aliphatic heterocycles. The number of nitro benzene ring substituents is 1. The minimum atomic E-state index is -0.856. The van der Waals surface area contributed by atoms with Crippen LogP contribution in [0, 0.1) is 10.1 Å². The second kappa shape index (κ2) is 9.93. The van der Waals surface area contributed by atoms with Gasteiger partial charge in [-0.3, -0.25) is 19.7 Å². The topological polar surface area (TPSA) is 110 Å². The lowest BCUT2D eigenvalue weighted by atomic mass is 9.95. The van der Waals surface area contributed by atoms with Gasteiger partial charge in [0.05, 0.1) is 22.6 Å². The van der Waals surface area contributed by atoms with Crippen LogP contribution < -0.4 is 0 Å². The molecule has 0 aliphatic carbocycles. The first-order chi connectivity index (χ1) is 15.2. The number of nitrogens with zero attached hydrogens (tertiary/aromatic N) is 2. The molecule has 0 bridgehead atoms. The molecule has 8 nitrogen and oxygen atoms in total. The summed E-state index contributed by atoms with van der Waals surface area (Å²) in [6.45, 7) is 4.44. The van der Waals surface area contributed by atoms with Gasteiger partial charge in [0.1, 0.15) is 5.76 Å². The lowest BCUT2D eigenvalue weighted by Gasteiger charge is -2.25. The van der Waals surface area contributed by atoms with Crippen molar-refractivity contribution in [2.24, 2.45) is 0 Å². The largest absolute Gasteiger partial charge is 0.507 e. The number of hydrogen-bond donors (Lipinski definition) is 1. The smallest absolute Gasteiger partial charge is 0.295 e. The van der Waals surface area contributed by atoms with Gasteiger partial charge in [-0.05, 0) is 38.0 Å². The molecule has 0 unspecified atom stereocenters. The van der Waals surface area contributed by atoms with Gasteiger partial charge in [0.2, 0.25) is 0 Å². The lowest BCUT2D eigenvalue weighted by Crippen LogP contribution is -2.31. The first kappa shape index (κ1) is 23.4. The Labute approximate surface area is 190 Å². The van der Waals surface area contributed by atoms with Crippen LogP contribution in [0.25, 0.3) is 5.76 Å². The van der Waals surface area contributed by atoms with Gasteiger partial charge >= 0.3 is 0 Å². The number of aliphatic hydroxyl groups is 1. The van der Waals surface area contributed by atoms with Crippen LogP contribution in [0.1, 0.15) is 37.4 Å². The van der Waals surface area contributed by atoms with Gasteiger partial charge in [-0.1, -0.05) is 35.9 Å². The van der Waals surface area contributed by atoms with E-state index in [1.165, 1.54) is 23.1 Å². The Hall–Kier alpha value is -3.23. The van der Waals surface area contributed by atoms with Crippen LogP contribution in [-0.2, 0) is 14.3 Å². The molecule has 9 heteroatoms. The summed E-state index contributed by atoms with van der Waals surface area (Å²) < 4.78 is 5.53. The molecule has 0 spiro atoms. The van der Waals surface area contributed by atoms with E-state index in [0.717, 1.165) is 6.07 Å². The van der Waals surface area contributed by atoms with Crippen LogP contribution in [-0.4, -0.2) is 45.9 Å². The average molecular weight is 459 g/mol. The van der Waals surface area contributed by atoms with Gasteiger partial charge in [0, 0.05) is 35.9 Å². The van der Waals surface area contributed by atoms with Crippen molar-refractivity contribution in [3.05, 3.63) is 80.4 Å². The third-order valence-corrected chi connectivity index (χ3v) is 5.30. The van der Waals surface area contributed by atoms with E-state index in [-0.39, 0.29) is 29.5 Å². The fraction of sp³-hybridized carbons (Fsp3) is 0.304. The molecule has 1 N–H and O–H groups in total. The van der Waals surface area contributed by atoms with Crippen molar-refractivity contribution in [3.8, 4) is 0 Å².